The van der Waals surface area contributed by atoms with Gasteiger partial charge in [-0.3, -0.25) is 0 Å². The van der Waals surface area contributed by atoms with Crippen molar-refractivity contribution in [1.29, 1.82) is 0 Å². The zero-order chi connectivity index (χ0) is 13.9. The van der Waals surface area contributed by atoms with Crippen LogP contribution in [0.3, 0.4) is 0 Å². The van der Waals surface area contributed by atoms with Gasteiger partial charge in [0.05, 0.1) is 21.8 Å². The van der Waals surface area contributed by atoms with Gasteiger partial charge in [0, 0.05) is 13.1 Å². The normalized spacial score (nSPS) is 14.8. The Morgan fingerprint density at radius 2 is 1.95 bits per heavy atom. The highest BCUT2D eigenvalue weighted by molar-refractivity contribution is 6.99. The minimum absolute atomic E-state index is 0.406. The maximum atomic E-state index is 5.99. The Hall–Kier alpha value is -1.04. The van der Waals surface area contributed by atoms with E-state index >= 15 is 0 Å². The topological polar surface area (TPSA) is 38.3 Å². The minimum atomic E-state index is 0.406. The predicted octanol–water partition coefficient (Wildman–Crippen LogP) is 4.02. The van der Waals surface area contributed by atoms with E-state index in [1.807, 2.05) is 6.07 Å². The molecule has 1 fully saturated rings. The molecular weight excluding hydrogens is 317 g/mol. The summed E-state index contributed by atoms with van der Waals surface area (Å²) in [6.45, 7) is 2.45. The maximum Gasteiger partial charge on any atom is 0.271 e. The highest BCUT2D eigenvalue weighted by atomic mass is 35.5. The molecule has 1 aromatic carbocycles. The molecule has 7 heteroatoms. The first kappa shape index (κ1) is 13.9. The van der Waals surface area contributed by atoms with Gasteiger partial charge in [0.1, 0.15) is 6.61 Å². The summed E-state index contributed by atoms with van der Waals surface area (Å²) in [5.41, 5.74) is 0.958. The van der Waals surface area contributed by atoms with Crippen molar-refractivity contribution in [3.8, 4) is 5.88 Å². The first-order valence-corrected chi connectivity index (χ1v) is 7.87. The molecule has 0 radical (unpaired) electrons. The van der Waals surface area contributed by atoms with Crippen LogP contribution in [0, 0.1) is 0 Å². The number of rotatable bonds is 4. The van der Waals surface area contributed by atoms with Crippen molar-refractivity contribution >= 4 is 40.7 Å². The Balaban J connectivity index is 1.69. The van der Waals surface area contributed by atoms with Crippen LogP contribution in [-0.4, -0.2) is 21.8 Å². The molecule has 0 atom stereocenters. The summed E-state index contributed by atoms with van der Waals surface area (Å²) >= 11 is 13.1. The second kappa shape index (κ2) is 6.16. The molecule has 0 N–H and O–H groups in total. The molecule has 2 aromatic rings. The Labute approximate surface area is 131 Å². The van der Waals surface area contributed by atoms with Crippen LogP contribution < -0.4 is 9.64 Å². The lowest BCUT2D eigenvalue weighted by molar-refractivity contribution is 0.297. The van der Waals surface area contributed by atoms with Gasteiger partial charge in [0.15, 0.2) is 0 Å². The summed E-state index contributed by atoms with van der Waals surface area (Å²) in [5.74, 6) is 1.45. The Kier molecular flexibility index (Phi) is 4.29. The van der Waals surface area contributed by atoms with E-state index in [0.717, 1.165) is 24.5 Å². The fourth-order valence-electron chi connectivity index (χ4n) is 2.17. The van der Waals surface area contributed by atoms with E-state index in [2.05, 4.69) is 13.6 Å². The summed E-state index contributed by atoms with van der Waals surface area (Å²) in [7, 11) is 0. The molecule has 0 unspecified atom stereocenters. The van der Waals surface area contributed by atoms with Crippen LogP contribution in [0.5, 0.6) is 5.88 Å². The summed E-state index contributed by atoms with van der Waals surface area (Å²) in [4.78, 5) is 2.22. The van der Waals surface area contributed by atoms with Gasteiger partial charge < -0.3 is 9.64 Å². The number of aromatic nitrogens is 2. The first-order chi connectivity index (χ1) is 9.74. The second-order valence-corrected chi connectivity index (χ2v) is 5.97. The van der Waals surface area contributed by atoms with Gasteiger partial charge in [-0.15, -0.1) is 4.37 Å². The smallest absolute Gasteiger partial charge is 0.271 e. The van der Waals surface area contributed by atoms with E-state index in [1.165, 1.54) is 24.6 Å². The molecule has 106 valence electrons. The Morgan fingerprint density at radius 1 is 1.15 bits per heavy atom. The van der Waals surface area contributed by atoms with Gasteiger partial charge in [0.25, 0.3) is 5.88 Å². The summed E-state index contributed by atoms with van der Waals surface area (Å²) in [6.07, 6.45) is 2.40. The zero-order valence-corrected chi connectivity index (χ0v) is 13.0. The maximum absolute atomic E-state index is 5.99. The quantitative estimate of drug-likeness (QED) is 0.848. The first-order valence-electron chi connectivity index (χ1n) is 6.38. The van der Waals surface area contributed by atoms with Crippen LogP contribution in [0.1, 0.15) is 18.4 Å². The third-order valence-corrected chi connectivity index (χ3v) is 4.45. The molecule has 0 amide bonds. The van der Waals surface area contributed by atoms with Crippen molar-refractivity contribution in [2.75, 3.05) is 18.0 Å². The highest BCUT2D eigenvalue weighted by Gasteiger charge is 2.20. The fourth-order valence-corrected chi connectivity index (χ4v) is 3.01. The molecule has 2 heterocycles. The van der Waals surface area contributed by atoms with Gasteiger partial charge in [-0.25, -0.2) is 0 Å². The SMILES string of the molecule is Clc1ccc(COc2nsnc2N2CCCC2)cc1Cl. The van der Waals surface area contributed by atoms with Crippen molar-refractivity contribution in [3.05, 3.63) is 33.8 Å². The zero-order valence-electron chi connectivity index (χ0n) is 10.7. The third kappa shape index (κ3) is 3.00. The predicted molar refractivity (Wildman–Crippen MR) is 82.2 cm³/mol. The van der Waals surface area contributed by atoms with Crippen LogP contribution in [-0.2, 0) is 6.61 Å². The molecule has 1 aliphatic rings. The summed E-state index contributed by atoms with van der Waals surface area (Å²) in [6, 6.07) is 5.46. The lowest BCUT2D eigenvalue weighted by atomic mass is 10.2. The third-order valence-electron chi connectivity index (χ3n) is 3.21. The molecule has 1 aliphatic heterocycles. The van der Waals surface area contributed by atoms with E-state index in [1.54, 1.807) is 12.1 Å². The Bertz CT molecular complexity index is 599. The monoisotopic (exact) mass is 329 g/mol. The number of halogens is 2. The Morgan fingerprint density at radius 3 is 2.70 bits per heavy atom. The summed E-state index contributed by atoms with van der Waals surface area (Å²) in [5, 5.41) is 1.08. The van der Waals surface area contributed by atoms with Crippen molar-refractivity contribution in [2.45, 2.75) is 19.4 Å². The average Bonchev–Trinajstić information content (AvgIpc) is 3.09. The second-order valence-electron chi connectivity index (χ2n) is 4.62. The van der Waals surface area contributed by atoms with Crippen molar-refractivity contribution in [1.82, 2.24) is 8.75 Å². The van der Waals surface area contributed by atoms with E-state index in [0.29, 0.717) is 22.5 Å². The van der Waals surface area contributed by atoms with Gasteiger partial charge >= 0.3 is 0 Å². The molecule has 20 heavy (non-hydrogen) atoms. The number of hydrogen-bond acceptors (Lipinski definition) is 5. The van der Waals surface area contributed by atoms with E-state index in [9.17, 15) is 0 Å². The largest absolute Gasteiger partial charge is 0.470 e. The lowest BCUT2D eigenvalue weighted by Crippen LogP contribution is -2.18. The van der Waals surface area contributed by atoms with Crippen LogP contribution in [0.4, 0.5) is 5.82 Å². The standard InChI is InChI=1S/C13H13Cl2N3OS/c14-10-4-3-9(7-11(10)15)8-19-13-12(16-20-17-13)18-5-1-2-6-18/h3-4,7H,1-2,5-6,8H2. The number of anilines is 1. The molecule has 0 bridgehead atoms. The van der Waals surface area contributed by atoms with Gasteiger partial charge in [-0.2, -0.15) is 4.37 Å². The molecule has 1 saturated heterocycles. The highest BCUT2D eigenvalue weighted by Crippen LogP contribution is 2.29. The van der Waals surface area contributed by atoms with E-state index < -0.39 is 0 Å². The van der Waals surface area contributed by atoms with Crippen molar-refractivity contribution in [2.24, 2.45) is 0 Å². The molecule has 0 aliphatic carbocycles. The molecule has 0 spiro atoms. The van der Waals surface area contributed by atoms with Crippen LogP contribution >= 0.6 is 34.9 Å². The molecule has 3 rings (SSSR count). The van der Waals surface area contributed by atoms with Crippen molar-refractivity contribution < 1.29 is 4.74 Å². The minimum Gasteiger partial charge on any atom is -0.470 e. The number of hydrogen-bond donors (Lipinski definition) is 0. The van der Waals surface area contributed by atoms with Gasteiger partial charge in [0.2, 0.25) is 5.82 Å². The van der Waals surface area contributed by atoms with Gasteiger partial charge in [-0.1, -0.05) is 29.3 Å². The van der Waals surface area contributed by atoms with E-state index in [4.69, 9.17) is 27.9 Å². The van der Waals surface area contributed by atoms with E-state index in [-0.39, 0.29) is 0 Å². The number of ether oxygens (including phenoxy) is 1. The average molecular weight is 330 g/mol. The molecular formula is C13H13Cl2N3OS. The summed E-state index contributed by atoms with van der Waals surface area (Å²) < 4.78 is 14.3. The van der Waals surface area contributed by atoms with Crippen LogP contribution in [0.2, 0.25) is 10.0 Å². The number of benzene rings is 1. The fraction of sp³-hybridized carbons (Fsp3) is 0.385. The van der Waals surface area contributed by atoms with Gasteiger partial charge in [-0.05, 0) is 30.5 Å². The lowest BCUT2D eigenvalue weighted by Gasteiger charge is -2.15. The molecule has 4 nitrogen and oxygen atoms in total. The molecule has 0 saturated carbocycles. The number of nitrogens with zero attached hydrogens (tertiary/aromatic N) is 3. The van der Waals surface area contributed by atoms with Crippen LogP contribution in [0.25, 0.3) is 0 Å². The van der Waals surface area contributed by atoms with Crippen LogP contribution in [0.15, 0.2) is 18.2 Å². The molecule has 1 aromatic heterocycles. The van der Waals surface area contributed by atoms with Crippen molar-refractivity contribution in [3.63, 3.8) is 0 Å².